The fraction of sp³-hybridized carbons (Fsp3) is 0.455. The number of hydrogen-bond donors (Lipinski definition) is 1. The Morgan fingerprint density at radius 2 is 2.30 bits per heavy atom. The summed E-state index contributed by atoms with van der Waals surface area (Å²) in [6.07, 6.45) is 1.59. The highest BCUT2D eigenvalue weighted by molar-refractivity contribution is 9.12. The van der Waals surface area contributed by atoms with Crippen molar-refractivity contribution in [3.05, 3.63) is 13.6 Å². The van der Waals surface area contributed by atoms with Gasteiger partial charge in [-0.15, -0.1) is 16.4 Å². The van der Waals surface area contributed by atoms with E-state index in [0.717, 1.165) is 19.6 Å². The Bertz CT molecular complexity index is 613. The molecular formula is C11H12Br2N4O2S. The van der Waals surface area contributed by atoms with E-state index >= 15 is 0 Å². The SMILES string of the molecule is CCCC(CC(=O)O)n1nnnc1-c1cc(Br)sc1Br. The van der Waals surface area contributed by atoms with Crippen LogP contribution < -0.4 is 0 Å². The summed E-state index contributed by atoms with van der Waals surface area (Å²) >= 11 is 8.42. The van der Waals surface area contributed by atoms with Gasteiger partial charge < -0.3 is 5.11 Å². The van der Waals surface area contributed by atoms with Gasteiger partial charge in [-0.25, -0.2) is 4.68 Å². The standard InChI is InChI=1S/C11H12Br2N4O2S/c1-2-3-6(4-9(18)19)17-11(14-15-16-17)7-5-8(12)20-10(7)13/h5-6H,2-4H2,1H3,(H,18,19). The van der Waals surface area contributed by atoms with Gasteiger partial charge in [0.05, 0.1) is 20.0 Å². The number of carbonyl (C=O) groups is 1. The Morgan fingerprint density at radius 1 is 1.55 bits per heavy atom. The summed E-state index contributed by atoms with van der Waals surface area (Å²) in [6.45, 7) is 2.01. The molecule has 1 atom stereocenters. The van der Waals surface area contributed by atoms with Gasteiger partial charge in [-0.1, -0.05) is 13.3 Å². The predicted octanol–water partition coefficient (Wildman–Crippen LogP) is 3.74. The fourth-order valence-corrected chi connectivity index (χ4v) is 4.74. The van der Waals surface area contributed by atoms with Crippen LogP contribution in [0, 0.1) is 0 Å². The average molecular weight is 424 g/mol. The van der Waals surface area contributed by atoms with Crippen molar-refractivity contribution in [2.45, 2.75) is 32.2 Å². The molecule has 0 spiro atoms. The molecule has 0 aliphatic heterocycles. The van der Waals surface area contributed by atoms with Gasteiger partial charge in [0.2, 0.25) is 0 Å². The number of aliphatic carboxylic acids is 1. The minimum absolute atomic E-state index is 0.00874. The first kappa shape index (κ1) is 15.6. The highest BCUT2D eigenvalue weighted by atomic mass is 79.9. The Morgan fingerprint density at radius 3 is 2.85 bits per heavy atom. The first-order valence-electron chi connectivity index (χ1n) is 5.97. The number of carboxylic acids is 1. The Balaban J connectivity index is 2.40. The Kier molecular flexibility index (Phi) is 5.28. The molecule has 0 aliphatic carbocycles. The average Bonchev–Trinajstić information content (AvgIpc) is 2.94. The minimum Gasteiger partial charge on any atom is -0.481 e. The lowest BCUT2D eigenvalue weighted by Crippen LogP contribution is -2.16. The fourth-order valence-electron chi connectivity index (χ4n) is 1.96. The topological polar surface area (TPSA) is 80.9 Å². The zero-order valence-electron chi connectivity index (χ0n) is 10.6. The van der Waals surface area contributed by atoms with Crippen LogP contribution in [0.25, 0.3) is 11.4 Å². The van der Waals surface area contributed by atoms with Crippen LogP contribution in [-0.4, -0.2) is 31.3 Å². The van der Waals surface area contributed by atoms with Crippen molar-refractivity contribution in [3.63, 3.8) is 0 Å². The lowest BCUT2D eigenvalue weighted by molar-refractivity contribution is -0.138. The Labute approximate surface area is 136 Å². The van der Waals surface area contributed by atoms with Crippen LogP contribution in [0.5, 0.6) is 0 Å². The lowest BCUT2D eigenvalue weighted by atomic mass is 10.1. The molecule has 0 bridgehead atoms. The van der Waals surface area contributed by atoms with Gasteiger partial charge >= 0.3 is 5.97 Å². The zero-order chi connectivity index (χ0) is 14.7. The first-order valence-corrected chi connectivity index (χ1v) is 8.38. The number of halogens is 2. The van der Waals surface area contributed by atoms with Crippen LogP contribution in [0.1, 0.15) is 32.2 Å². The van der Waals surface area contributed by atoms with Crippen molar-refractivity contribution >= 4 is 49.2 Å². The second kappa shape index (κ2) is 6.77. The second-order valence-corrected chi connectivity index (χ2v) is 7.97. The molecule has 1 N–H and O–H groups in total. The second-order valence-electron chi connectivity index (χ2n) is 4.23. The van der Waals surface area contributed by atoms with Crippen molar-refractivity contribution in [3.8, 4) is 11.4 Å². The summed E-state index contributed by atoms with van der Waals surface area (Å²) in [7, 11) is 0. The highest BCUT2D eigenvalue weighted by Crippen LogP contribution is 2.38. The van der Waals surface area contributed by atoms with Crippen molar-refractivity contribution < 1.29 is 9.90 Å². The summed E-state index contributed by atoms with van der Waals surface area (Å²) in [5, 5.41) is 20.7. The number of hydrogen-bond acceptors (Lipinski definition) is 5. The molecule has 2 aromatic heterocycles. The summed E-state index contributed by atoms with van der Waals surface area (Å²) < 4.78 is 3.47. The largest absolute Gasteiger partial charge is 0.481 e. The van der Waals surface area contributed by atoms with E-state index in [4.69, 9.17) is 5.11 Å². The van der Waals surface area contributed by atoms with Crippen LogP contribution in [-0.2, 0) is 4.79 Å². The third-order valence-electron chi connectivity index (χ3n) is 2.77. The molecule has 0 amide bonds. The molecule has 1 unspecified atom stereocenters. The maximum atomic E-state index is 11.0. The van der Waals surface area contributed by atoms with Crippen LogP contribution in [0.15, 0.2) is 13.6 Å². The minimum atomic E-state index is -0.851. The predicted molar refractivity (Wildman–Crippen MR) is 82.7 cm³/mol. The normalized spacial score (nSPS) is 12.6. The van der Waals surface area contributed by atoms with E-state index < -0.39 is 5.97 Å². The molecule has 20 heavy (non-hydrogen) atoms. The summed E-state index contributed by atoms with van der Waals surface area (Å²) in [5.74, 6) is -0.269. The Hall–Kier alpha value is -0.800. The summed E-state index contributed by atoms with van der Waals surface area (Å²) in [5.41, 5.74) is 0.860. The number of nitrogens with zero attached hydrogens (tertiary/aromatic N) is 4. The number of tetrazole rings is 1. The van der Waals surface area contributed by atoms with Gasteiger partial charge in [0.25, 0.3) is 0 Å². The van der Waals surface area contributed by atoms with E-state index in [9.17, 15) is 4.79 Å². The van der Waals surface area contributed by atoms with Crippen molar-refractivity contribution in [1.82, 2.24) is 20.2 Å². The zero-order valence-corrected chi connectivity index (χ0v) is 14.6. The first-order chi connectivity index (χ1) is 9.52. The number of aromatic nitrogens is 4. The highest BCUT2D eigenvalue weighted by Gasteiger charge is 2.22. The van der Waals surface area contributed by atoms with Gasteiger partial charge in [-0.3, -0.25) is 4.79 Å². The smallest absolute Gasteiger partial charge is 0.305 e. The molecule has 0 aliphatic rings. The maximum absolute atomic E-state index is 11.0. The van der Waals surface area contributed by atoms with Crippen molar-refractivity contribution in [2.75, 3.05) is 0 Å². The monoisotopic (exact) mass is 422 g/mol. The van der Waals surface area contributed by atoms with E-state index in [-0.39, 0.29) is 12.5 Å². The van der Waals surface area contributed by atoms with E-state index in [1.165, 1.54) is 11.3 Å². The van der Waals surface area contributed by atoms with Gasteiger partial charge in [-0.05, 0) is 54.8 Å². The molecule has 9 heteroatoms. The van der Waals surface area contributed by atoms with Crippen LogP contribution in [0.2, 0.25) is 0 Å². The summed E-state index contributed by atoms with van der Waals surface area (Å²) in [4.78, 5) is 11.0. The van der Waals surface area contributed by atoms with Gasteiger partial charge in [0, 0.05) is 5.56 Å². The molecule has 2 aromatic rings. The molecule has 0 saturated carbocycles. The van der Waals surface area contributed by atoms with Gasteiger partial charge in [0.15, 0.2) is 5.82 Å². The molecule has 6 nitrogen and oxygen atoms in total. The molecule has 108 valence electrons. The van der Waals surface area contributed by atoms with Crippen LogP contribution in [0.4, 0.5) is 0 Å². The quantitative estimate of drug-likeness (QED) is 0.765. The van der Waals surface area contributed by atoms with Crippen LogP contribution in [0.3, 0.4) is 0 Å². The van der Waals surface area contributed by atoms with Crippen molar-refractivity contribution in [1.29, 1.82) is 0 Å². The van der Waals surface area contributed by atoms with Crippen molar-refractivity contribution in [2.24, 2.45) is 0 Å². The van der Waals surface area contributed by atoms with E-state index in [2.05, 4.69) is 47.4 Å². The molecule has 0 radical (unpaired) electrons. The molecule has 2 rings (SSSR count). The summed E-state index contributed by atoms with van der Waals surface area (Å²) in [6, 6.07) is 1.67. The molecular weight excluding hydrogens is 412 g/mol. The number of rotatable bonds is 6. The third-order valence-corrected chi connectivity index (χ3v) is 5.11. The molecule has 0 fully saturated rings. The van der Waals surface area contributed by atoms with E-state index in [0.29, 0.717) is 12.2 Å². The number of carboxylic acid groups (broad SMARTS) is 1. The van der Waals surface area contributed by atoms with E-state index in [1.54, 1.807) is 4.68 Å². The molecule has 0 saturated heterocycles. The van der Waals surface area contributed by atoms with Gasteiger partial charge in [-0.2, -0.15) is 0 Å². The molecule has 2 heterocycles. The number of thiophene rings is 1. The maximum Gasteiger partial charge on any atom is 0.305 e. The van der Waals surface area contributed by atoms with Crippen LogP contribution >= 0.6 is 43.2 Å². The molecule has 0 aromatic carbocycles. The van der Waals surface area contributed by atoms with E-state index in [1.807, 2.05) is 13.0 Å². The third kappa shape index (κ3) is 3.44. The lowest BCUT2D eigenvalue weighted by Gasteiger charge is -2.15. The van der Waals surface area contributed by atoms with Gasteiger partial charge in [0.1, 0.15) is 0 Å².